The van der Waals surface area contributed by atoms with Gasteiger partial charge >= 0.3 is 0 Å². The summed E-state index contributed by atoms with van der Waals surface area (Å²) in [7, 11) is 0. The summed E-state index contributed by atoms with van der Waals surface area (Å²) in [4.78, 5) is 0. The minimum absolute atomic E-state index is 0.642. The molecule has 2 rings (SSSR count). The third-order valence-electron chi connectivity index (χ3n) is 3.20. The topological polar surface area (TPSA) is 20.2 Å². The van der Waals surface area contributed by atoms with Crippen molar-refractivity contribution in [3.63, 3.8) is 0 Å². The maximum Gasteiger partial charge on any atom is 0.105 e. The first-order chi connectivity index (χ1) is 8.50. The van der Waals surface area contributed by atoms with E-state index in [2.05, 4.69) is 15.9 Å². The molecule has 0 radical (unpaired) electrons. The number of hydrogen-bond acceptors (Lipinski definition) is 1. The summed E-state index contributed by atoms with van der Waals surface area (Å²) in [6.07, 6.45) is -0.642. The molecule has 1 unspecified atom stereocenters. The summed E-state index contributed by atoms with van der Waals surface area (Å²) in [6, 6.07) is 11.4. The highest BCUT2D eigenvalue weighted by atomic mass is 79.9. The number of aliphatic hydroxyl groups is 1. The zero-order chi connectivity index (χ0) is 13.3. The summed E-state index contributed by atoms with van der Waals surface area (Å²) < 4.78 is 0.823. The van der Waals surface area contributed by atoms with E-state index in [4.69, 9.17) is 11.6 Å². The number of hydrogen-bond donors (Lipinski definition) is 1. The van der Waals surface area contributed by atoms with Crippen LogP contribution in [0.4, 0.5) is 0 Å². The van der Waals surface area contributed by atoms with E-state index >= 15 is 0 Å². The molecule has 94 valence electrons. The highest BCUT2D eigenvalue weighted by Gasteiger charge is 2.16. The van der Waals surface area contributed by atoms with Gasteiger partial charge in [0, 0.05) is 9.50 Å². The Hall–Kier alpha value is -0.830. The Balaban J connectivity index is 2.48. The van der Waals surface area contributed by atoms with Crippen molar-refractivity contribution in [2.45, 2.75) is 20.0 Å². The molecular formula is C15H14BrClO. The number of aliphatic hydroxyl groups excluding tert-OH is 1. The zero-order valence-electron chi connectivity index (χ0n) is 10.2. The van der Waals surface area contributed by atoms with Crippen LogP contribution in [0.2, 0.25) is 5.02 Å². The molecule has 0 aliphatic carbocycles. The van der Waals surface area contributed by atoms with Crippen LogP contribution in [-0.4, -0.2) is 5.11 Å². The quantitative estimate of drug-likeness (QED) is 0.841. The van der Waals surface area contributed by atoms with Gasteiger partial charge in [-0.2, -0.15) is 0 Å². The maximum atomic E-state index is 10.5. The molecule has 0 aromatic heterocycles. The first-order valence-electron chi connectivity index (χ1n) is 5.70. The second-order valence-electron chi connectivity index (χ2n) is 4.36. The third kappa shape index (κ3) is 2.61. The standard InChI is InChI=1S/C15H14BrClO/c1-9-4-3-5-12(10(9)2)15(18)13-7-6-11(17)8-14(13)16/h3-8,15,18H,1-2H3. The lowest BCUT2D eigenvalue weighted by molar-refractivity contribution is 0.218. The predicted molar refractivity (Wildman–Crippen MR) is 79.1 cm³/mol. The van der Waals surface area contributed by atoms with Crippen LogP contribution in [0.1, 0.15) is 28.4 Å². The molecule has 2 aromatic rings. The van der Waals surface area contributed by atoms with E-state index < -0.39 is 6.10 Å². The molecule has 1 N–H and O–H groups in total. The SMILES string of the molecule is Cc1cccc(C(O)c2ccc(Cl)cc2Br)c1C. The van der Waals surface area contributed by atoms with Crippen LogP contribution in [0.15, 0.2) is 40.9 Å². The summed E-state index contributed by atoms with van der Waals surface area (Å²) >= 11 is 9.36. The van der Waals surface area contributed by atoms with Crippen molar-refractivity contribution in [2.75, 3.05) is 0 Å². The van der Waals surface area contributed by atoms with Gasteiger partial charge in [0.15, 0.2) is 0 Å². The first kappa shape index (κ1) is 13.6. The Morgan fingerprint density at radius 2 is 1.83 bits per heavy atom. The molecule has 0 fully saturated rings. The van der Waals surface area contributed by atoms with Gasteiger partial charge in [-0.05, 0) is 48.2 Å². The third-order valence-corrected chi connectivity index (χ3v) is 4.12. The van der Waals surface area contributed by atoms with Gasteiger partial charge in [0.05, 0.1) is 0 Å². The van der Waals surface area contributed by atoms with Crippen molar-refractivity contribution < 1.29 is 5.11 Å². The van der Waals surface area contributed by atoms with Crippen LogP contribution in [0.25, 0.3) is 0 Å². The molecule has 0 saturated carbocycles. The summed E-state index contributed by atoms with van der Waals surface area (Å²) in [6.45, 7) is 4.07. The minimum Gasteiger partial charge on any atom is -0.384 e. The average Bonchev–Trinajstić information content (AvgIpc) is 2.32. The first-order valence-corrected chi connectivity index (χ1v) is 6.87. The summed E-state index contributed by atoms with van der Waals surface area (Å²) in [5.74, 6) is 0. The van der Waals surface area contributed by atoms with Crippen LogP contribution in [0.5, 0.6) is 0 Å². The van der Waals surface area contributed by atoms with Gasteiger partial charge in [-0.3, -0.25) is 0 Å². The lowest BCUT2D eigenvalue weighted by Crippen LogP contribution is -2.03. The molecule has 0 heterocycles. The Bertz CT molecular complexity index is 581. The molecule has 0 amide bonds. The second-order valence-corrected chi connectivity index (χ2v) is 5.65. The summed E-state index contributed by atoms with van der Waals surface area (Å²) in [5.41, 5.74) is 4.05. The van der Waals surface area contributed by atoms with Gasteiger partial charge in [-0.15, -0.1) is 0 Å². The molecule has 0 bridgehead atoms. The van der Waals surface area contributed by atoms with Crippen molar-refractivity contribution in [2.24, 2.45) is 0 Å². The van der Waals surface area contributed by atoms with Gasteiger partial charge in [0.25, 0.3) is 0 Å². The van der Waals surface area contributed by atoms with Crippen molar-refractivity contribution >= 4 is 27.5 Å². The number of halogens is 2. The molecule has 2 aromatic carbocycles. The highest BCUT2D eigenvalue weighted by Crippen LogP contribution is 2.32. The van der Waals surface area contributed by atoms with E-state index in [1.165, 1.54) is 5.56 Å². The van der Waals surface area contributed by atoms with E-state index in [-0.39, 0.29) is 0 Å². The van der Waals surface area contributed by atoms with Gasteiger partial charge in [-0.1, -0.05) is 51.8 Å². The molecule has 1 nitrogen and oxygen atoms in total. The van der Waals surface area contributed by atoms with E-state index in [1.807, 2.05) is 38.1 Å². The van der Waals surface area contributed by atoms with E-state index in [0.29, 0.717) is 5.02 Å². The maximum absolute atomic E-state index is 10.5. The Morgan fingerprint density at radius 1 is 1.11 bits per heavy atom. The largest absolute Gasteiger partial charge is 0.384 e. The van der Waals surface area contributed by atoms with Crippen LogP contribution in [0, 0.1) is 13.8 Å². The van der Waals surface area contributed by atoms with Crippen LogP contribution in [-0.2, 0) is 0 Å². The molecule has 0 spiro atoms. The van der Waals surface area contributed by atoms with Crippen molar-refractivity contribution in [1.82, 2.24) is 0 Å². The number of benzene rings is 2. The van der Waals surface area contributed by atoms with Crippen molar-refractivity contribution in [3.05, 3.63) is 68.1 Å². The van der Waals surface area contributed by atoms with E-state index in [9.17, 15) is 5.11 Å². The van der Waals surface area contributed by atoms with Gasteiger partial charge < -0.3 is 5.11 Å². The van der Waals surface area contributed by atoms with Crippen molar-refractivity contribution in [1.29, 1.82) is 0 Å². The number of rotatable bonds is 2. The molecule has 1 atom stereocenters. The lowest BCUT2D eigenvalue weighted by Gasteiger charge is -2.17. The fraction of sp³-hybridized carbons (Fsp3) is 0.200. The lowest BCUT2D eigenvalue weighted by atomic mass is 9.95. The Labute approximate surface area is 121 Å². The van der Waals surface area contributed by atoms with Crippen LogP contribution >= 0.6 is 27.5 Å². The predicted octanol–water partition coefficient (Wildman–Crippen LogP) is 4.80. The van der Waals surface area contributed by atoms with Gasteiger partial charge in [0.2, 0.25) is 0 Å². The molecule has 18 heavy (non-hydrogen) atoms. The number of aryl methyl sites for hydroxylation is 1. The summed E-state index contributed by atoms with van der Waals surface area (Å²) in [5, 5.41) is 11.1. The second kappa shape index (κ2) is 5.43. The van der Waals surface area contributed by atoms with Crippen LogP contribution < -0.4 is 0 Å². The zero-order valence-corrected chi connectivity index (χ0v) is 12.6. The normalized spacial score (nSPS) is 12.5. The molecule has 0 aliphatic rings. The van der Waals surface area contributed by atoms with E-state index in [1.54, 1.807) is 12.1 Å². The van der Waals surface area contributed by atoms with Gasteiger partial charge in [-0.25, -0.2) is 0 Å². The molecule has 0 aliphatic heterocycles. The highest BCUT2D eigenvalue weighted by molar-refractivity contribution is 9.10. The van der Waals surface area contributed by atoms with Gasteiger partial charge in [0.1, 0.15) is 6.10 Å². The fourth-order valence-corrected chi connectivity index (χ4v) is 2.86. The molecular weight excluding hydrogens is 312 g/mol. The smallest absolute Gasteiger partial charge is 0.105 e. The molecule has 3 heteroatoms. The van der Waals surface area contributed by atoms with E-state index in [0.717, 1.165) is 21.2 Å². The molecule has 0 saturated heterocycles. The average molecular weight is 326 g/mol. The Morgan fingerprint density at radius 3 is 2.50 bits per heavy atom. The van der Waals surface area contributed by atoms with Crippen LogP contribution in [0.3, 0.4) is 0 Å². The monoisotopic (exact) mass is 324 g/mol. The Kier molecular flexibility index (Phi) is 4.10. The fourth-order valence-electron chi connectivity index (χ4n) is 1.96. The minimum atomic E-state index is -0.642. The van der Waals surface area contributed by atoms with Crippen molar-refractivity contribution in [3.8, 4) is 0 Å².